The Labute approximate surface area is 124 Å². The third-order valence-electron chi connectivity index (χ3n) is 2.74. The van der Waals surface area contributed by atoms with Gasteiger partial charge in [0.1, 0.15) is 5.76 Å². The summed E-state index contributed by atoms with van der Waals surface area (Å²) in [7, 11) is 0. The van der Waals surface area contributed by atoms with Crippen LogP contribution in [-0.4, -0.2) is 11.8 Å². The van der Waals surface area contributed by atoms with Gasteiger partial charge in [-0.3, -0.25) is 4.79 Å². The number of ketones is 1. The summed E-state index contributed by atoms with van der Waals surface area (Å²) in [6.07, 6.45) is 3.25. The Kier molecular flexibility index (Phi) is 6.46. The van der Waals surface area contributed by atoms with Crippen LogP contribution in [-0.2, 0) is 9.53 Å². The van der Waals surface area contributed by atoms with E-state index in [1.807, 2.05) is 20.8 Å². The molecule has 0 aromatic heterocycles. The topological polar surface area (TPSA) is 43.4 Å². The fourth-order valence-electron chi connectivity index (χ4n) is 1.80. The standard InChI is InChI=1S/C14H13ClO3.C2H6/c1-9-5-6-12(13(15)7-9)14(17)18-11-4-2-3-10(16)8-11;1-2/h5-8H,2-4H2,1H3;1-2H3. The molecule has 0 atom stereocenters. The number of benzene rings is 1. The zero-order valence-electron chi connectivity index (χ0n) is 12.0. The Balaban J connectivity index is 0.000000956. The summed E-state index contributed by atoms with van der Waals surface area (Å²) < 4.78 is 5.19. The van der Waals surface area contributed by atoms with Gasteiger partial charge in [0.2, 0.25) is 0 Å². The molecule has 0 fully saturated rings. The van der Waals surface area contributed by atoms with E-state index in [1.54, 1.807) is 18.2 Å². The van der Waals surface area contributed by atoms with Gasteiger partial charge in [-0.2, -0.15) is 0 Å². The van der Waals surface area contributed by atoms with Crippen molar-refractivity contribution in [2.75, 3.05) is 0 Å². The maximum Gasteiger partial charge on any atom is 0.344 e. The van der Waals surface area contributed by atoms with Crippen molar-refractivity contribution in [2.24, 2.45) is 0 Å². The zero-order valence-corrected chi connectivity index (χ0v) is 12.8. The summed E-state index contributed by atoms with van der Waals surface area (Å²) in [6, 6.07) is 5.13. The summed E-state index contributed by atoms with van der Waals surface area (Å²) >= 11 is 5.98. The smallest absolute Gasteiger partial charge is 0.344 e. The van der Waals surface area contributed by atoms with Gasteiger partial charge < -0.3 is 4.74 Å². The Morgan fingerprint density at radius 3 is 2.55 bits per heavy atom. The predicted molar refractivity (Wildman–Crippen MR) is 79.9 cm³/mol. The number of allylic oxidation sites excluding steroid dienone is 2. The van der Waals surface area contributed by atoms with Gasteiger partial charge in [-0.05, 0) is 31.0 Å². The van der Waals surface area contributed by atoms with Crippen molar-refractivity contribution in [2.45, 2.75) is 40.0 Å². The molecule has 3 nitrogen and oxygen atoms in total. The van der Waals surface area contributed by atoms with Gasteiger partial charge >= 0.3 is 5.97 Å². The molecular weight excluding hydrogens is 276 g/mol. The monoisotopic (exact) mass is 294 g/mol. The van der Waals surface area contributed by atoms with Crippen molar-refractivity contribution in [1.82, 2.24) is 0 Å². The first-order chi connectivity index (χ1) is 9.56. The molecule has 0 saturated heterocycles. The molecule has 0 radical (unpaired) electrons. The molecule has 2 rings (SSSR count). The van der Waals surface area contributed by atoms with Gasteiger partial charge in [0.15, 0.2) is 5.78 Å². The lowest BCUT2D eigenvalue weighted by molar-refractivity contribution is -0.115. The summed E-state index contributed by atoms with van der Waals surface area (Å²) in [5.74, 6) is -0.0899. The van der Waals surface area contributed by atoms with Gasteiger partial charge in [-0.1, -0.05) is 31.5 Å². The number of ether oxygens (including phenoxy) is 1. The van der Waals surface area contributed by atoms with Crippen molar-refractivity contribution in [1.29, 1.82) is 0 Å². The van der Waals surface area contributed by atoms with Crippen molar-refractivity contribution in [3.8, 4) is 0 Å². The number of hydrogen-bond donors (Lipinski definition) is 0. The number of aryl methyl sites for hydroxylation is 1. The fraction of sp³-hybridized carbons (Fsp3) is 0.375. The highest BCUT2D eigenvalue weighted by atomic mass is 35.5. The Morgan fingerprint density at radius 1 is 1.25 bits per heavy atom. The molecule has 4 heteroatoms. The van der Waals surface area contributed by atoms with E-state index in [9.17, 15) is 9.59 Å². The largest absolute Gasteiger partial charge is 0.427 e. The number of carbonyl (C=O) groups is 2. The van der Waals surface area contributed by atoms with E-state index >= 15 is 0 Å². The Morgan fingerprint density at radius 2 is 1.95 bits per heavy atom. The molecule has 0 bridgehead atoms. The SMILES string of the molecule is CC.Cc1ccc(C(=O)OC2=CC(=O)CCC2)c(Cl)c1. The molecule has 1 aromatic carbocycles. The maximum absolute atomic E-state index is 11.9. The third kappa shape index (κ3) is 4.49. The lowest BCUT2D eigenvalue weighted by Crippen LogP contribution is -2.10. The van der Waals surface area contributed by atoms with Gasteiger partial charge in [-0.15, -0.1) is 0 Å². The molecule has 0 heterocycles. The van der Waals surface area contributed by atoms with E-state index in [4.69, 9.17) is 16.3 Å². The second-order valence-corrected chi connectivity index (χ2v) is 4.71. The van der Waals surface area contributed by atoms with E-state index in [0.29, 0.717) is 29.2 Å². The van der Waals surface area contributed by atoms with Crippen LogP contribution in [0.3, 0.4) is 0 Å². The molecule has 0 aliphatic heterocycles. The molecule has 0 N–H and O–H groups in total. The molecule has 0 unspecified atom stereocenters. The highest BCUT2D eigenvalue weighted by molar-refractivity contribution is 6.33. The summed E-state index contributed by atoms with van der Waals surface area (Å²) in [5.41, 5.74) is 1.30. The molecular formula is C16H19ClO3. The van der Waals surface area contributed by atoms with Crippen LogP contribution in [0.4, 0.5) is 0 Å². The molecule has 1 aromatic rings. The molecule has 1 aliphatic rings. The lowest BCUT2D eigenvalue weighted by Gasteiger charge is -2.12. The average Bonchev–Trinajstić information content (AvgIpc) is 2.40. The molecule has 0 saturated carbocycles. The van der Waals surface area contributed by atoms with Crippen molar-refractivity contribution in [3.05, 3.63) is 46.2 Å². The predicted octanol–water partition coefficient (Wildman–Crippen LogP) is 4.47. The zero-order chi connectivity index (χ0) is 15.1. The molecule has 20 heavy (non-hydrogen) atoms. The number of carbonyl (C=O) groups excluding carboxylic acids is 2. The van der Waals surface area contributed by atoms with Crippen LogP contribution in [0.1, 0.15) is 49.0 Å². The van der Waals surface area contributed by atoms with E-state index in [1.165, 1.54) is 6.08 Å². The normalized spacial score (nSPS) is 14.0. The van der Waals surface area contributed by atoms with Crippen LogP contribution < -0.4 is 0 Å². The minimum Gasteiger partial charge on any atom is -0.427 e. The van der Waals surface area contributed by atoms with Crippen molar-refractivity contribution in [3.63, 3.8) is 0 Å². The molecule has 1 aliphatic carbocycles. The Bertz CT molecular complexity index is 533. The first-order valence-electron chi connectivity index (χ1n) is 6.78. The number of hydrogen-bond acceptors (Lipinski definition) is 3. The first kappa shape index (κ1) is 16.4. The van der Waals surface area contributed by atoms with E-state index < -0.39 is 5.97 Å². The molecule has 108 valence electrons. The number of halogens is 1. The van der Waals surface area contributed by atoms with E-state index in [-0.39, 0.29) is 5.78 Å². The third-order valence-corrected chi connectivity index (χ3v) is 3.05. The highest BCUT2D eigenvalue weighted by Crippen LogP contribution is 2.22. The second-order valence-electron chi connectivity index (χ2n) is 4.30. The van der Waals surface area contributed by atoms with Crippen LogP contribution >= 0.6 is 11.6 Å². The molecule has 0 spiro atoms. The average molecular weight is 295 g/mol. The quantitative estimate of drug-likeness (QED) is 0.756. The second kappa shape index (κ2) is 7.85. The fourth-order valence-corrected chi connectivity index (χ4v) is 2.11. The lowest BCUT2D eigenvalue weighted by atomic mass is 10.1. The molecule has 0 amide bonds. The van der Waals surface area contributed by atoms with Gasteiger partial charge in [0, 0.05) is 18.9 Å². The van der Waals surface area contributed by atoms with Crippen LogP contribution in [0.5, 0.6) is 0 Å². The minimum absolute atomic E-state index is 0.000877. The highest BCUT2D eigenvalue weighted by Gasteiger charge is 2.17. The summed E-state index contributed by atoms with van der Waals surface area (Å²) in [4.78, 5) is 23.1. The van der Waals surface area contributed by atoms with Crippen LogP contribution in [0, 0.1) is 6.92 Å². The minimum atomic E-state index is -0.513. The Hall–Kier alpha value is -1.61. The van der Waals surface area contributed by atoms with Crippen LogP contribution in [0.2, 0.25) is 5.02 Å². The van der Waals surface area contributed by atoms with Crippen LogP contribution in [0.25, 0.3) is 0 Å². The van der Waals surface area contributed by atoms with Crippen LogP contribution in [0.15, 0.2) is 30.0 Å². The van der Waals surface area contributed by atoms with E-state index in [2.05, 4.69) is 0 Å². The summed E-state index contributed by atoms with van der Waals surface area (Å²) in [5, 5.41) is 0.364. The van der Waals surface area contributed by atoms with E-state index in [0.717, 1.165) is 12.0 Å². The summed E-state index contributed by atoms with van der Waals surface area (Å²) in [6.45, 7) is 5.89. The van der Waals surface area contributed by atoms with Gasteiger partial charge in [0.05, 0.1) is 10.6 Å². The van der Waals surface area contributed by atoms with Crippen molar-refractivity contribution < 1.29 is 14.3 Å². The van der Waals surface area contributed by atoms with Crippen molar-refractivity contribution >= 4 is 23.4 Å². The maximum atomic E-state index is 11.9. The number of rotatable bonds is 2. The van der Waals surface area contributed by atoms with Gasteiger partial charge in [-0.25, -0.2) is 4.79 Å². The van der Waals surface area contributed by atoms with Gasteiger partial charge in [0.25, 0.3) is 0 Å². The first-order valence-corrected chi connectivity index (χ1v) is 7.16. The number of esters is 1.